The van der Waals surface area contributed by atoms with E-state index in [2.05, 4.69) is 0 Å². The molecule has 0 unspecified atom stereocenters. The Morgan fingerprint density at radius 2 is 2.20 bits per heavy atom. The molecule has 0 atom stereocenters. The lowest BCUT2D eigenvalue weighted by molar-refractivity contribution is -0.385. The Balaban J connectivity index is 3.53. The highest BCUT2D eigenvalue weighted by Crippen LogP contribution is 2.29. The number of carboxylic acid groups (broad SMARTS) is 1. The molecular weight excluding hydrogens is 224 g/mol. The second kappa shape index (κ2) is 3.94. The van der Waals surface area contributed by atoms with E-state index in [1.807, 2.05) is 0 Å². The van der Waals surface area contributed by atoms with E-state index < -0.39 is 16.6 Å². The standard InChI is InChI=1S/C8H3ClN2O4/c9-6-2-4(8(12)13)1-5(3-10)7(6)11(14)15/h1-2H,(H,12,13). The Labute approximate surface area is 88.5 Å². The van der Waals surface area contributed by atoms with Crippen LogP contribution in [0.2, 0.25) is 5.02 Å². The van der Waals surface area contributed by atoms with Crippen molar-refractivity contribution in [2.24, 2.45) is 0 Å². The first kappa shape index (κ1) is 10.9. The predicted molar refractivity (Wildman–Crippen MR) is 49.8 cm³/mol. The van der Waals surface area contributed by atoms with E-state index in [0.29, 0.717) is 0 Å². The molecule has 1 rings (SSSR count). The van der Waals surface area contributed by atoms with Gasteiger partial charge in [0, 0.05) is 0 Å². The number of halogens is 1. The van der Waals surface area contributed by atoms with Crippen molar-refractivity contribution in [2.45, 2.75) is 0 Å². The Bertz CT molecular complexity index is 492. The molecule has 0 radical (unpaired) electrons. The smallest absolute Gasteiger partial charge is 0.335 e. The summed E-state index contributed by atoms with van der Waals surface area (Å²) in [4.78, 5) is 20.2. The quantitative estimate of drug-likeness (QED) is 0.612. The number of carbonyl (C=O) groups is 1. The molecule has 0 aromatic heterocycles. The summed E-state index contributed by atoms with van der Waals surface area (Å²) in [6, 6.07) is 3.37. The molecule has 0 saturated heterocycles. The number of nitrogens with zero attached hydrogens (tertiary/aromatic N) is 2. The van der Waals surface area contributed by atoms with Crippen LogP contribution in [0.3, 0.4) is 0 Å². The molecule has 6 nitrogen and oxygen atoms in total. The molecule has 1 aromatic carbocycles. The lowest BCUT2D eigenvalue weighted by Crippen LogP contribution is -2.00. The van der Waals surface area contributed by atoms with Crippen molar-refractivity contribution < 1.29 is 14.8 Å². The molecule has 0 aliphatic carbocycles. The van der Waals surface area contributed by atoms with Gasteiger partial charge in [-0.2, -0.15) is 5.26 Å². The van der Waals surface area contributed by atoms with Crippen LogP contribution in [0, 0.1) is 21.4 Å². The summed E-state index contributed by atoms with van der Waals surface area (Å²) in [5.74, 6) is -1.30. The fourth-order valence-electron chi connectivity index (χ4n) is 0.993. The van der Waals surface area contributed by atoms with E-state index in [0.717, 1.165) is 12.1 Å². The first-order valence-electron chi connectivity index (χ1n) is 3.58. The number of rotatable bonds is 2. The highest BCUT2D eigenvalue weighted by molar-refractivity contribution is 6.33. The van der Waals surface area contributed by atoms with Crippen molar-refractivity contribution in [1.82, 2.24) is 0 Å². The number of carboxylic acids is 1. The molecule has 0 saturated carbocycles. The summed E-state index contributed by atoms with van der Waals surface area (Å²) in [5.41, 5.74) is -1.21. The molecule has 76 valence electrons. The van der Waals surface area contributed by atoms with Gasteiger partial charge in [0.25, 0.3) is 0 Å². The number of nitriles is 1. The van der Waals surface area contributed by atoms with Gasteiger partial charge in [-0.25, -0.2) is 4.79 Å². The van der Waals surface area contributed by atoms with Crippen molar-refractivity contribution in [1.29, 1.82) is 5.26 Å². The SMILES string of the molecule is N#Cc1cc(C(=O)O)cc(Cl)c1[N+](=O)[O-]. The third-order valence-corrected chi connectivity index (χ3v) is 1.90. The van der Waals surface area contributed by atoms with Crippen molar-refractivity contribution in [3.05, 3.63) is 38.4 Å². The van der Waals surface area contributed by atoms with Crippen LogP contribution in [0.5, 0.6) is 0 Å². The highest BCUT2D eigenvalue weighted by Gasteiger charge is 2.21. The van der Waals surface area contributed by atoms with E-state index >= 15 is 0 Å². The van der Waals surface area contributed by atoms with Gasteiger partial charge in [-0.15, -0.1) is 0 Å². The molecule has 1 N–H and O–H groups in total. The average Bonchev–Trinajstić information content (AvgIpc) is 2.15. The third-order valence-electron chi connectivity index (χ3n) is 1.61. The molecule has 0 aliphatic heterocycles. The number of nitro benzene ring substituents is 1. The Morgan fingerprint density at radius 3 is 2.60 bits per heavy atom. The number of hydrogen-bond acceptors (Lipinski definition) is 4. The Morgan fingerprint density at radius 1 is 1.60 bits per heavy atom. The van der Waals surface area contributed by atoms with Gasteiger partial charge < -0.3 is 5.11 Å². The van der Waals surface area contributed by atoms with Crippen LogP contribution in [-0.4, -0.2) is 16.0 Å². The molecular formula is C8H3ClN2O4. The van der Waals surface area contributed by atoms with Gasteiger partial charge in [0.15, 0.2) is 0 Å². The number of aromatic carboxylic acids is 1. The number of hydrogen-bond donors (Lipinski definition) is 1. The van der Waals surface area contributed by atoms with Crippen molar-refractivity contribution in [3.63, 3.8) is 0 Å². The van der Waals surface area contributed by atoms with Gasteiger partial charge in [0.1, 0.15) is 16.7 Å². The second-order valence-electron chi connectivity index (χ2n) is 2.53. The predicted octanol–water partition coefficient (Wildman–Crippen LogP) is 1.82. The normalized spacial score (nSPS) is 9.33. The summed E-state index contributed by atoms with van der Waals surface area (Å²) in [5, 5.41) is 27.4. The Kier molecular flexibility index (Phi) is 2.87. The summed E-state index contributed by atoms with van der Waals surface area (Å²) in [6.07, 6.45) is 0. The van der Waals surface area contributed by atoms with Gasteiger partial charge in [0.2, 0.25) is 0 Å². The van der Waals surface area contributed by atoms with Crippen molar-refractivity contribution in [3.8, 4) is 6.07 Å². The van der Waals surface area contributed by atoms with Gasteiger partial charge in [-0.1, -0.05) is 11.6 Å². The maximum Gasteiger partial charge on any atom is 0.335 e. The molecule has 7 heteroatoms. The molecule has 0 heterocycles. The third kappa shape index (κ3) is 2.03. The summed E-state index contributed by atoms with van der Waals surface area (Å²) < 4.78 is 0. The minimum atomic E-state index is -1.30. The van der Waals surface area contributed by atoms with E-state index in [1.54, 1.807) is 0 Å². The van der Waals surface area contributed by atoms with Crippen LogP contribution in [-0.2, 0) is 0 Å². The zero-order valence-electron chi connectivity index (χ0n) is 7.10. The molecule has 0 bridgehead atoms. The lowest BCUT2D eigenvalue weighted by Gasteiger charge is -1.99. The van der Waals surface area contributed by atoms with E-state index in [-0.39, 0.29) is 16.1 Å². The molecule has 0 spiro atoms. The van der Waals surface area contributed by atoms with Crippen LogP contribution >= 0.6 is 11.6 Å². The Hall–Kier alpha value is -2.13. The summed E-state index contributed by atoms with van der Waals surface area (Å²) in [6.45, 7) is 0. The van der Waals surface area contributed by atoms with E-state index in [9.17, 15) is 14.9 Å². The maximum atomic E-state index is 10.6. The van der Waals surface area contributed by atoms with E-state index in [4.69, 9.17) is 22.0 Å². The monoisotopic (exact) mass is 226 g/mol. The first-order valence-corrected chi connectivity index (χ1v) is 3.96. The maximum absolute atomic E-state index is 10.6. The van der Waals surface area contributed by atoms with E-state index in [1.165, 1.54) is 6.07 Å². The summed E-state index contributed by atoms with van der Waals surface area (Å²) >= 11 is 5.50. The molecule has 0 aliphatic rings. The summed E-state index contributed by atoms with van der Waals surface area (Å²) in [7, 11) is 0. The van der Waals surface area contributed by atoms with Gasteiger partial charge >= 0.3 is 11.7 Å². The molecule has 1 aromatic rings. The minimum Gasteiger partial charge on any atom is -0.478 e. The average molecular weight is 227 g/mol. The molecule has 0 fully saturated rings. The number of benzene rings is 1. The van der Waals surface area contributed by atoms with Gasteiger partial charge in [-0.3, -0.25) is 10.1 Å². The van der Waals surface area contributed by atoms with Crippen molar-refractivity contribution in [2.75, 3.05) is 0 Å². The van der Waals surface area contributed by atoms with Crippen LogP contribution in [0.15, 0.2) is 12.1 Å². The topological polar surface area (TPSA) is 104 Å². The first-order chi connectivity index (χ1) is 6.97. The second-order valence-corrected chi connectivity index (χ2v) is 2.94. The van der Waals surface area contributed by atoms with Crippen LogP contribution in [0.25, 0.3) is 0 Å². The number of nitro groups is 1. The van der Waals surface area contributed by atoms with Crippen LogP contribution in [0.1, 0.15) is 15.9 Å². The lowest BCUT2D eigenvalue weighted by atomic mass is 10.1. The van der Waals surface area contributed by atoms with Crippen molar-refractivity contribution >= 4 is 23.3 Å². The fraction of sp³-hybridized carbons (Fsp3) is 0. The van der Waals surface area contributed by atoms with Crippen LogP contribution in [0.4, 0.5) is 5.69 Å². The van der Waals surface area contributed by atoms with Crippen LogP contribution < -0.4 is 0 Å². The molecule has 0 amide bonds. The minimum absolute atomic E-state index is 0.262. The highest BCUT2D eigenvalue weighted by atomic mass is 35.5. The van der Waals surface area contributed by atoms with Gasteiger partial charge in [-0.05, 0) is 12.1 Å². The zero-order chi connectivity index (χ0) is 11.6. The zero-order valence-corrected chi connectivity index (χ0v) is 7.85. The molecule has 15 heavy (non-hydrogen) atoms. The largest absolute Gasteiger partial charge is 0.478 e. The fourth-order valence-corrected chi connectivity index (χ4v) is 1.28. The van der Waals surface area contributed by atoms with Gasteiger partial charge in [0.05, 0.1) is 10.5 Å².